The molecule has 1 aromatic carbocycles. The highest BCUT2D eigenvalue weighted by Crippen LogP contribution is 2.57. The predicted octanol–water partition coefficient (Wildman–Crippen LogP) is 4.79. The van der Waals surface area contributed by atoms with Gasteiger partial charge in [0, 0.05) is 0 Å². The molecule has 0 aromatic heterocycles. The Morgan fingerprint density at radius 3 is 2.22 bits per heavy atom. The first kappa shape index (κ1) is 20.8. The number of carbonyl (C=O) groups excluding carboxylic acids is 1. The third-order valence-electron chi connectivity index (χ3n) is 5.37. The van der Waals surface area contributed by atoms with Gasteiger partial charge in [-0.2, -0.15) is 0 Å². The van der Waals surface area contributed by atoms with Crippen molar-refractivity contribution >= 4 is 37.5 Å². The van der Waals surface area contributed by atoms with E-state index in [4.69, 9.17) is 9.47 Å². The second kappa shape index (κ2) is 7.75. The van der Waals surface area contributed by atoms with Gasteiger partial charge < -0.3 is 22.4 Å². The van der Waals surface area contributed by atoms with Crippen LogP contribution < -0.4 is 9.47 Å². The van der Waals surface area contributed by atoms with Gasteiger partial charge in [-0.25, -0.2) is 0 Å². The lowest BCUT2D eigenvalue weighted by atomic mass is 9.71. The Balaban J connectivity index is 0.000000816. The molecule has 1 aliphatic rings. The molecule has 0 N–H and O–H groups in total. The van der Waals surface area contributed by atoms with Crippen LogP contribution in [0.5, 0.6) is 11.5 Å². The lowest BCUT2D eigenvalue weighted by molar-refractivity contribution is -0.120. The minimum absolute atomic E-state index is 0.0379. The molecule has 126 valence electrons. The summed E-state index contributed by atoms with van der Waals surface area (Å²) >= 11 is 3.51. The van der Waals surface area contributed by atoms with Crippen molar-refractivity contribution in [2.45, 2.75) is 57.4 Å². The predicted molar refractivity (Wildman–Crippen MR) is 100 cm³/mol. The fourth-order valence-electron chi connectivity index (χ4n) is 3.81. The maximum atomic E-state index is 10.8. The zero-order chi connectivity index (χ0) is 18.0. The molecule has 2 rings (SSSR count). The zero-order valence-corrected chi connectivity index (χ0v) is 18.5. The van der Waals surface area contributed by atoms with Crippen LogP contribution in [0.2, 0.25) is 5.05 Å². The van der Waals surface area contributed by atoms with Crippen molar-refractivity contribution in [1.82, 2.24) is 0 Å². The average Bonchev–Trinajstić information content (AvgIpc) is 2.61. The van der Waals surface area contributed by atoms with Crippen molar-refractivity contribution in [3.05, 3.63) is 22.8 Å². The van der Waals surface area contributed by atoms with Crippen LogP contribution in [0.15, 0.2) is 6.07 Å². The SMILES string of the molecule is COc1cc2c(c(C)c1OC=O)C(C)(C)C(C)C2(C)C.[CH3][Mg][Br]. The van der Waals surface area contributed by atoms with Crippen molar-refractivity contribution < 1.29 is 14.3 Å². The van der Waals surface area contributed by atoms with E-state index in [1.165, 1.54) is 11.1 Å². The van der Waals surface area contributed by atoms with Gasteiger partial charge >= 0.3 is 18.2 Å². The van der Waals surface area contributed by atoms with Crippen molar-refractivity contribution in [1.29, 1.82) is 0 Å². The van der Waals surface area contributed by atoms with E-state index in [2.05, 4.69) is 52.6 Å². The highest BCUT2D eigenvalue weighted by Gasteiger charge is 2.50. The number of rotatable bonds is 3. The molecule has 0 radical (unpaired) electrons. The zero-order valence-electron chi connectivity index (χ0n) is 15.5. The summed E-state index contributed by atoms with van der Waals surface area (Å²) in [5.41, 5.74) is 3.69. The Bertz CT molecular complexity index is 582. The minimum Gasteiger partial charge on any atom is -0.493 e. The fourth-order valence-corrected chi connectivity index (χ4v) is 3.81. The van der Waals surface area contributed by atoms with E-state index in [0.717, 1.165) is 5.56 Å². The van der Waals surface area contributed by atoms with Crippen LogP contribution in [0, 0.1) is 12.8 Å². The summed E-state index contributed by atoms with van der Waals surface area (Å²) in [7, 11) is 1.61. The molecule has 3 nitrogen and oxygen atoms in total. The van der Waals surface area contributed by atoms with Gasteiger partial charge in [-0.05, 0) is 46.4 Å². The van der Waals surface area contributed by atoms with Crippen LogP contribution in [0.25, 0.3) is 0 Å². The topological polar surface area (TPSA) is 35.5 Å². The van der Waals surface area contributed by atoms with E-state index in [1.807, 2.05) is 13.0 Å². The standard InChI is InChI=1S/C17H24O3.CH3.BrH.Mg/c1-10-14-12(8-13(19-7)15(10)20-9-18)16(3,4)11(2)17(14,5)6;;;/h8-9,11H,1-7H3;1H3;1H;/q;;;+1/p-1. The van der Waals surface area contributed by atoms with Gasteiger partial charge in [0.1, 0.15) is 0 Å². The number of hydrogen-bond acceptors (Lipinski definition) is 3. The van der Waals surface area contributed by atoms with Crippen LogP contribution in [0.1, 0.15) is 51.3 Å². The molecule has 1 aliphatic carbocycles. The summed E-state index contributed by atoms with van der Waals surface area (Å²) < 4.78 is 10.6. The van der Waals surface area contributed by atoms with Gasteiger partial charge in [0.25, 0.3) is 6.47 Å². The third kappa shape index (κ3) is 3.56. The van der Waals surface area contributed by atoms with Crippen LogP contribution >= 0.6 is 12.9 Å². The van der Waals surface area contributed by atoms with Crippen LogP contribution in [0.3, 0.4) is 0 Å². The number of benzene rings is 1. The van der Waals surface area contributed by atoms with Crippen LogP contribution in [-0.2, 0) is 15.6 Å². The molecule has 0 saturated carbocycles. The monoisotopic (exact) mass is 394 g/mol. The Morgan fingerprint density at radius 2 is 1.78 bits per heavy atom. The van der Waals surface area contributed by atoms with Gasteiger partial charge in [-0.3, -0.25) is 4.79 Å². The highest BCUT2D eigenvalue weighted by atomic mass is 79.9. The van der Waals surface area contributed by atoms with Gasteiger partial charge in [-0.1, -0.05) is 34.6 Å². The van der Waals surface area contributed by atoms with Gasteiger partial charge in [-0.15, -0.1) is 5.05 Å². The largest absolute Gasteiger partial charge is 0.493 e. The van der Waals surface area contributed by atoms with Gasteiger partial charge in [0.2, 0.25) is 0 Å². The average molecular weight is 396 g/mol. The van der Waals surface area contributed by atoms with Gasteiger partial charge in [0.05, 0.1) is 7.11 Å². The Hall–Kier alpha value is -0.264. The lowest BCUT2D eigenvalue weighted by Gasteiger charge is -2.33. The second-order valence-corrected chi connectivity index (χ2v) is 11.0. The van der Waals surface area contributed by atoms with E-state index in [9.17, 15) is 4.79 Å². The van der Waals surface area contributed by atoms with E-state index < -0.39 is 0 Å². The molecule has 0 spiro atoms. The molecule has 0 saturated heterocycles. The van der Waals surface area contributed by atoms with E-state index in [0.29, 0.717) is 23.9 Å². The number of hydrogen-bond donors (Lipinski definition) is 0. The second-order valence-electron chi connectivity index (χ2n) is 7.10. The molecule has 23 heavy (non-hydrogen) atoms. The lowest BCUT2D eigenvalue weighted by Crippen LogP contribution is -2.31. The maximum Gasteiger partial charge on any atom is 0.465 e. The molecule has 0 bridgehead atoms. The van der Waals surface area contributed by atoms with Crippen LogP contribution in [-0.4, -0.2) is 31.8 Å². The van der Waals surface area contributed by atoms with Crippen molar-refractivity contribution in [3.63, 3.8) is 0 Å². The first-order valence-electron chi connectivity index (χ1n) is 7.99. The molecule has 1 atom stereocenters. The number of carbonyl (C=O) groups is 1. The number of fused-ring (bicyclic) bond motifs is 1. The van der Waals surface area contributed by atoms with E-state index in [-0.39, 0.29) is 29.0 Å². The highest BCUT2D eigenvalue weighted by molar-refractivity contribution is 9.23. The first-order chi connectivity index (χ1) is 10.6. The number of methoxy groups -OCH3 is 1. The first-order valence-corrected chi connectivity index (χ1v) is 13.3. The summed E-state index contributed by atoms with van der Waals surface area (Å²) in [6.07, 6.45) is 0. The summed E-state index contributed by atoms with van der Waals surface area (Å²) in [5.74, 6) is 1.66. The molecular weight excluding hydrogens is 368 g/mol. The smallest absolute Gasteiger partial charge is 0.465 e. The summed E-state index contributed by atoms with van der Waals surface area (Å²) in [5, 5.41) is 2.18. The van der Waals surface area contributed by atoms with Crippen molar-refractivity contribution in [2.75, 3.05) is 7.11 Å². The molecule has 5 heteroatoms. The van der Waals surface area contributed by atoms with E-state index >= 15 is 0 Å². The minimum atomic E-state index is 0.0379. The summed E-state index contributed by atoms with van der Waals surface area (Å²) in [4.78, 5) is 10.8. The molecule has 1 unspecified atom stereocenters. The van der Waals surface area contributed by atoms with E-state index in [1.54, 1.807) is 7.11 Å². The molecule has 0 aliphatic heterocycles. The third-order valence-corrected chi connectivity index (χ3v) is 5.37. The molecule has 0 heterocycles. The van der Waals surface area contributed by atoms with Gasteiger partial charge in [0.15, 0.2) is 11.5 Å². The molecule has 0 fully saturated rings. The Morgan fingerprint density at radius 1 is 1.26 bits per heavy atom. The Kier molecular flexibility index (Phi) is 7.00. The molecular formula is C18H27BrMgO3. The molecule has 1 aromatic rings. The number of halogens is 1. The molecule has 0 amide bonds. The van der Waals surface area contributed by atoms with Crippen molar-refractivity contribution in [3.8, 4) is 11.5 Å². The maximum absolute atomic E-state index is 10.8. The summed E-state index contributed by atoms with van der Waals surface area (Å²) in [6.45, 7) is 13.8. The van der Waals surface area contributed by atoms with Crippen molar-refractivity contribution in [2.24, 2.45) is 5.92 Å². The fraction of sp³-hybridized carbons (Fsp3) is 0.611. The Labute approximate surface area is 156 Å². The van der Waals surface area contributed by atoms with Crippen LogP contribution in [0.4, 0.5) is 0 Å². The summed E-state index contributed by atoms with van der Waals surface area (Å²) in [6, 6.07) is 2.03. The normalized spacial score (nSPS) is 19.8. The number of ether oxygens (including phenoxy) is 2. The quantitative estimate of drug-likeness (QED) is 0.545.